The molecule has 1 atom stereocenters. The summed E-state index contributed by atoms with van der Waals surface area (Å²) in [5.74, 6) is -2.58. The topological polar surface area (TPSA) is 104 Å². The lowest BCUT2D eigenvalue weighted by molar-refractivity contribution is -0.143. The summed E-state index contributed by atoms with van der Waals surface area (Å²) in [6.07, 6.45) is 21.3. The molecule has 0 aliphatic rings. The monoisotopic (exact) mass is 425 g/mol. The third-order valence-corrected chi connectivity index (χ3v) is 5.20. The molecule has 0 unspecified atom stereocenters. The molecule has 174 valence electrons. The number of hydrogen-bond donors (Lipinski definition) is 3. The van der Waals surface area contributed by atoms with Gasteiger partial charge in [0.25, 0.3) is 0 Å². The normalized spacial score (nSPS) is 12.2. The Morgan fingerprint density at radius 2 is 1.23 bits per heavy atom. The Labute approximate surface area is 182 Å². The molecule has 6 nitrogen and oxygen atoms in total. The van der Waals surface area contributed by atoms with Crippen LogP contribution in [0.4, 0.5) is 0 Å². The number of nitrogens with one attached hydrogen (secondary N) is 1. The van der Waals surface area contributed by atoms with Gasteiger partial charge in [-0.2, -0.15) is 0 Å². The molecule has 0 rings (SSSR count). The molecule has 0 saturated heterocycles. The molecule has 0 saturated carbocycles. The average Bonchev–Trinajstić information content (AvgIpc) is 2.70. The van der Waals surface area contributed by atoms with Crippen LogP contribution in [0.25, 0.3) is 0 Å². The van der Waals surface area contributed by atoms with Crippen molar-refractivity contribution in [3.63, 3.8) is 0 Å². The number of carboxylic acid groups (broad SMARTS) is 2. The van der Waals surface area contributed by atoms with Gasteiger partial charge in [0.15, 0.2) is 0 Å². The van der Waals surface area contributed by atoms with Crippen molar-refractivity contribution in [1.82, 2.24) is 5.32 Å². The third-order valence-electron chi connectivity index (χ3n) is 5.20. The highest BCUT2D eigenvalue weighted by atomic mass is 16.4. The van der Waals surface area contributed by atoms with Gasteiger partial charge in [-0.15, -0.1) is 0 Å². The summed E-state index contributed by atoms with van der Waals surface area (Å²) in [7, 11) is 0. The summed E-state index contributed by atoms with van der Waals surface area (Å²) >= 11 is 0. The lowest BCUT2D eigenvalue weighted by Gasteiger charge is -2.13. The van der Waals surface area contributed by atoms with Gasteiger partial charge in [0.1, 0.15) is 6.04 Å². The highest BCUT2D eigenvalue weighted by molar-refractivity contribution is 5.83. The van der Waals surface area contributed by atoms with E-state index in [4.69, 9.17) is 10.2 Å². The van der Waals surface area contributed by atoms with Crippen LogP contribution >= 0.6 is 0 Å². The van der Waals surface area contributed by atoms with Crippen LogP contribution in [-0.4, -0.2) is 34.1 Å². The maximum atomic E-state index is 11.8. The van der Waals surface area contributed by atoms with E-state index in [2.05, 4.69) is 24.4 Å². The summed E-state index contributed by atoms with van der Waals surface area (Å²) in [5.41, 5.74) is 0. The SMILES string of the molecule is CCCCCCCCC/C=C\CCCCCCCC(=O)N[C@@H](CCC(=O)O)C(=O)O. The third kappa shape index (κ3) is 19.5. The molecule has 0 bridgehead atoms. The van der Waals surface area contributed by atoms with E-state index in [-0.39, 0.29) is 25.2 Å². The highest BCUT2D eigenvalue weighted by Gasteiger charge is 2.20. The number of unbranched alkanes of at least 4 members (excludes halogenated alkanes) is 12. The molecule has 1 amide bonds. The number of carbonyl (C=O) groups excluding carboxylic acids is 1. The van der Waals surface area contributed by atoms with Gasteiger partial charge in [-0.3, -0.25) is 9.59 Å². The van der Waals surface area contributed by atoms with E-state index in [1.54, 1.807) is 0 Å². The van der Waals surface area contributed by atoms with E-state index >= 15 is 0 Å². The van der Waals surface area contributed by atoms with Gasteiger partial charge in [0.2, 0.25) is 5.91 Å². The fourth-order valence-electron chi connectivity index (χ4n) is 3.32. The van der Waals surface area contributed by atoms with Crippen molar-refractivity contribution >= 4 is 17.8 Å². The quantitative estimate of drug-likeness (QED) is 0.158. The predicted molar refractivity (Wildman–Crippen MR) is 121 cm³/mol. The van der Waals surface area contributed by atoms with Crippen LogP contribution in [0, 0.1) is 0 Å². The Balaban J connectivity index is 3.52. The van der Waals surface area contributed by atoms with Crippen LogP contribution in [0.3, 0.4) is 0 Å². The molecule has 0 fully saturated rings. The second kappa shape index (κ2) is 20.4. The Kier molecular flexibility index (Phi) is 19.2. The molecule has 0 aromatic carbocycles. The van der Waals surface area contributed by atoms with E-state index < -0.39 is 18.0 Å². The second-order valence-electron chi connectivity index (χ2n) is 8.08. The Morgan fingerprint density at radius 1 is 0.733 bits per heavy atom. The van der Waals surface area contributed by atoms with Gasteiger partial charge >= 0.3 is 11.9 Å². The van der Waals surface area contributed by atoms with Crippen LogP contribution in [0.15, 0.2) is 12.2 Å². The second-order valence-corrected chi connectivity index (χ2v) is 8.08. The largest absolute Gasteiger partial charge is 0.481 e. The minimum absolute atomic E-state index is 0.0944. The Bertz CT molecular complexity index is 490. The van der Waals surface area contributed by atoms with Gasteiger partial charge in [0, 0.05) is 12.8 Å². The van der Waals surface area contributed by atoms with Gasteiger partial charge in [0.05, 0.1) is 0 Å². The lowest BCUT2D eigenvalue weighted by Crippen LogP contribution is -2.41. The highest BCUT2D eigenvalue weighted by Crippen LogP contribution is 2.10. The van der Waals surface area contributed by atoms with Crippen molar-refractivity contribution in [1.29, 1.82) is 0 Å². The van der Waals surface area contributed by atoms with E-state index in [0.29, 0.717) is 0 Å². The van der Waals surface area contributed by atoms with Crippen molar-refractivity contribution in [3.8, 4) is 0 Å². The maximum Gasteiger partial charge on any atom is 0.326 e. The number of carboxylic acids is 2. The van der Waals surface area contributed by atoms with Crippen molar-refractivity contribution in [3.05, 3.63) is 12.2 Å². The molecule has 0 aromatic heterocycles. The molecule has 0 spiro atoms. The van der Waals surface area contributed by atoms with Gasteiger partial charge < -0.3 is 15.5 Å². The first-order valence-corrected chi connectivity index (χ1v) is 11.9. The first kappa shape index (κ1) is 28.1. The fourth-order valence-corrected chi connectivity index (χ4v) is 3.32. The number of hydrogen-bond acceptors (Lipinski definition) is 3. The van der Waals surface area contributed by atoms with Crippen molar-refractivity contribution in [2.24, 2.45) is 0 Å². The van der Waals surface area contributed by atoms with Crippen LogP contribution in [0.2, 0.25) is 0 Å². The zero-order valence-corrected chi connectivity index (χ0v) is 18.9. The summed E-state index contributed by atoms with van der Waals surface area (Å²) in [5, 5.41) is 20.1. The molecule has 0 aromatic rings. The summed E-state index contributed by atoms with van der Waals surface area (Å²) in [6.45, 7) is 2.25. The minimum Gasteiger partial charge on any atom is -0.481 e. The van der Waals surface area contributed by atoms with E-state index in [1.165, 1.54) is 51.4 Å². The maximum absolute atomic E-state index is 11.8. The lowest BCUT2D eigenvalue weighted by atomic mass is 10.1. The summed E-state index contributed by atoms with van der Waals surface area (Å²) in [6, 6.07) is -1.12. The van der Waals surface area contributed by atoms with E-state index in [9.17, 15) is 14.4 Å². The molecular formula is C24H43NO5. The van der Waals surface area contributed by atoms with Crippen LogP contribution < -0.4 is 5.32 Å². The van der Waals surface area contributed by atoms with Gasteiger partial charge in [-0.25, -0.2) is 4.79 Å². The summed E-state index contributed by atoms with van der Waals surface area (Å²) < 4.78 is 0. The summed E-state index contributed by atoms with van der Waals surface area (Å²) in [4.78, 5) is 33.4. The number of aliphatic carboxylic acids is 2. The van der Waals surface area contributed by atoms with E-state index in [1.807, 2.05) is 0 Å². The fraction of sp³-hybridized carbons (Fsp3) is 0.792. The number of amides is 1. The number of carbonyl (C=O) groups is 3. The van der Waals surface area contributed by atoms with Crippen LogP contribution in [0.1, 0.15) is 116 Å². The molecule has 30 heavy (non-hydrogen) atoms. The molecule has 0 radical (unpaired) electrons. The Hall–Kier alpha value is -1.85. The molecule has 3 N–H and O–H groups in total. The molecular weight excluding hydrogens is 382 g/mol. The van der Waals surface area contributed by atoms with Crippen LogP contribution in [0.5, 0.6) is 0 Å². The molecule has 0 aliphatic carbocycles. The zero-order chi connectivity index (χ0) is 22.5. The van der Waals surface area contributed by atoms with E-state index in [0.717, 1.165) is 38.5 Å². The molecule has 0 aliphatic heterocycles. The standard InChI is InChI=1S/C24H43NO5/c1-2-3-4-5-6-7-8-9-10-11-12-13-14-15-16-17-18-22(26)25-21(24(29)30)19-20-23(27)28/h10-11,21H,2-9,12-20H2,1H3,(H,25,26)(H,27,28)(H,29,30)/b11-10-/t21-/m0/s1. The minimum atomic E-state index is -1.19. The van der Waals surface area contributed by atoms with Crippen molar-refractivity contribution in [2.75, 3.05) is 0 Å². The zero-order valence-electron chi connectivity index (χ0n) is 18.9. The molecule has 0 heterocycles. The van der Waals surface area contributed by atoms with Gasteiger partial charge in [-0.1, -0.05) is 76.9 Å². The number of rotatable bonds is 21. The van der Waals surface area contributed by atoms with Crippen LogP contribution in [-0.2, 0) is 14.4 Å². The first-order valence-electron chi connectivity index (χ1n) is 11.9. The number of allylic oxidation sites excluding steroid dienone is 2. The van der Waals surface area contributed by atoms with Gasteiger partial charge in [-0.05, 0) is 38.5 Å². The molecule has 6 heteroatoms. The Morgan fingerprint density at radius 3 is 1.73 bits per heavy atom. The average molecular weight is 426 g/mol. The predicted octanol–water partition coefficient (Wildman–Crippen LogP) is 5.85. The van der Waals surface area contributed by atoms with Crippen molar-refractivity contribution in [2.45, 2.75) is 122 Å². The first-order chi connectivity index (χ1) is 14.5. The smallest absolute Gasteiger partial charge is 0.326 e. The van der Waals surface area contributed by atoms with Crippen molar-refractivity contribution < 1.29 is 24.6 Å².